The molecule has 5 heteroatoms. The molecule has 0 aliphatic heterocycles. The van der Waals surface area contributed by atoms with E-state index in [4.69, 9.17) is 0 Å². The highest BCUT2D eigenvalue weighted by molar-refractivity contribution is 7.98. The van der Waals surface area contributed by atoms with Gasteiger partial charge in [0.1, 0.15) is 17.2 Å². The lowest BCUT2D eigenvalue weighted by Gasteiger charge is -2.03. The summed E-state index contributed by atoms with van der Waals surface area (Å²) >= 11 is 1.59. The number of benzene rings is 2. The first-order chi connectivity index (χ1) is 10.0. The summed E-state index contributed by atoms with van der Waals surface area (Å²) in [6, 6.07) is 9.32. The molecule has 0 amide bonds. The largest absolute Gasteiger partial charge is 0.508 e. The Morgan fingerprint density at radius 2 is 1.62 bits per heavy atom. The minimum Gasteiger partial charge on any atom is -0.508 e. The van der Waals surface area contributed by atoms with Crippen LogP contribution in [0.1, 0.15) is 15.9 Å². The summed E-state index contributed by atoms with van der Waals surface area (Å²) in [5.74, 6) is -1.08. The van der Waals surface area contributed by atoms with Gasteiger partial charge in [-0.05, 0) is 42.7 Å². The Labute approximate surface area is 126 Å². The van der Waals surface area contributed by atoms with Crippen LogP contribution < -0.4 is 0 Å². The van der Waals surface area contributed by atoms with Gasteiger partial charge in [-0.3, -0.25) is 4.79 Å². The fourth-order valence-electron chi connectivity index (χ4n) is 1.79. The van der Waals surface area contributed by atoms with Gasteiger partial charge in [0.2, 0.25) is 0 Å². The maximum absolute atomic E-state index is 12.0. The number of rotatable bonds is 4. The second kappa shape index (κ2) is 6.37. The molecule has 3 N–H and O–H groups in total. The van der Waals surface area contributed by atoms with Crippen LogP contribution in [0.3, 0.4) is 0 Å². The first kappa shape index (κ1) is 15.0. The number of carbonyl (C=O) groups excluding carboxylic acids is 1. The van der Waals surface area contributed by atoms with Gasteiger partial charge in [0.15, 0.2) is 5.78 Å². The molecular formula is C16H14O4S. The van der Waals surface area contributed by atoms with Gasteiger partial charge in [0.25, 0.3) is 0 Å². The van der Waals surface area contributed by atoms with Crippen LogP contribution in [-0.4, -0.2) is 27.4 Å². The second-order valence-electron chi connectivity index (χ2n) is 4.32. The lowest BCUT2D eigenvalue weighted by Crippen LogP contribution is -1.93. The fourth-order valence-corrected chi connectivity index (χ4v) is 2.20. The summed E-state index contributed by atoms with van der Waals surface area (Å²) in [6.07, 6.45) is 4.53. The summed E-state index contributed by atoms with van der Waals surface area (Å²) in [4.78, 5) is 13.1. The van der Waals surface area contributed by atoms with Crippen LogP contribution in [-0.2, 0) is 0 Å². The molecule has 2 aromatic rings. The van der Waals surface area contributed by atoms with Crippen molar-refractivity contribution in [2.24, 2.45) is 0 Å². The predicted molar refractivity (Wildman–Crippen MR) is 83.0 cm³/mol. The van der Waals surface area contributed by atoms with Crippen molar-refractivity contribution in [2.45, 2.75) is 4.90 Å². The number of phenolic OH excluding ortho intramolecular Hbond substituents is 3. The van der Waals surface area contributed by atoms with Crippen molar-refractivity contribution in [3.8, 4) is 17.2 Å². The van der Waals surface area contributed by atoms with Gasteiger partial charge in [-0.15, -0.1) is 11.8 Å². The molecular weight excluding hydrogens is 288 g/mol. The van der Waals surface area contributed by atoms with E-state index in [2.05, 4.69) is 0 Å². The van der Waals surface area contributed by atoms with Gasteiger partial charge in [-0.2, -0.15) is 0 Å². The summed E-state index contributed by atoms with van der Waals surface area (Å²) in [5, 5.41) is 28.5. The van der Waals surface area contributed by atoms with E-state index in [1.807, 2.05) is 18.4 Å². The van der Waals surface area contributed by atoms with Crippen molar-refractivity contribution < 1.29 is 20.1 Å². The summed E-state index contributed by atoms with van der Waals surface area (Å²) in [7, 11) is 0. The Morgan fingerprint density at radius 3 is 2.14 bits per heavy atom. The van der Waals surface area contributed by atoms with E-state index in [1.165, 1.54) is 12.2 Å². The lowest BCUT2D eigenvalue weighted by atomic mass is 10.1. The Bertz CT molecular complexity index is 667. The third-order valence-electron chi connectivity index (χ3n) is 2.90. The molecule has 0 atom stereocenters. The Hall–Kier alpha value is -2.40. The molecule has 0 aliphatic rings. The summed E-state index contributed by atoms with van der Waals surface area (Å²) in [5.41, 5.74) is 0.601. The van der Waals surface area contributed by atoms with Crippen LogP contribution in [0.5, 0.6) is 17.2 Å². The van der Waals surface area contributed by atoms with E-state index < -0.39 is 0 Å². The standard InChI is InChI=1S/C16H14O4S/c1-21-12-4-2-10(3-5-12)14(18)7-6-13-15(19)8-11(17)9-16(13)20/h2-9,17,19-20H,1H3. The van der Waals surface area contributed by atoms with E-state index in [0.29, 0.717) is 5.56 Å². The normalized spacial score (nSPS) is 10.9. The molecule has 0 heterocycles. The monoisotopic (exact) mass is 302 g/mol. The zero-order chi connectivity index (χ0) is 15.4. The van der Waals surface area contributed by atoms with Crippen LogP contribution >= 0.6 is 11.8 Å². The molecule has 0 unspecified atom stereocenters. The van der Waals surface area contributed by atoms with Crippen molar-refractivity contribution in [3.05, 3.63) is 53.6 Å². The van der Waals surface area contributed by atoms with Crippen LogP contribution in [0.15, 0.2) is 47.4 Å². The van der Waals surface area contributed by atoms with E-state index in [-0.39, 0.29) is 28.6 Å². The van der Waals surface area contributed by atoms with E-state index in [1.54, 1.807) is 23.9 Å². The molecule has 0 aromatic heterocycles. The molecule has 0 saturated carbocycles. The van der Waals surface area contributed by atoms with Gasteiger partial charge >= 0.3 is 0 Å². The topological polar surface area (TPSA) is 77.8 Å². The average Bonchev–Trinajstić information content (AvgIpc) is 2.46. The summed E-state index contributed by atoms with van der Waals surface area (Å²) < 4.78 is 0. The Morgan fingerprint density at radius 1 is 1.05 bits per heavy atom. The Balaban J connectivity index is 2.22. The molecule has 0 saturated heterocycles. The number of hydrogen-bond donors (Lipinski definition) is 3. The molecule has 108 valence electrons. The van der Waals surface area contributed by atoms with Crippen molar-refractivity contribution in [1.82, 2.24) is 0 Å². The maximum atomic E-state index is 12.0. The quantitative estimate of drug-likeness (QED) is 0.458. The second-order valence-corrected chi connectivity index (χ2v) is 5.20. The average molecular weight is 302 g/mol. The zero-order valence-electron chi connectivity index (χ0n) is 11.3. The highest BCUT2D eigenvalue weighted by Gasteiger charge is 2.08. The summed E-state index contributed by atoms with van der Waals surface area (Å²) in [6.45, 7) is 0. The van der Waals surface area contributed by atoms with E-state index in [0.717, 1.165) is 17.0 Å². The minimum absolute atomic E-state index is 0.0851. The smallest absolute Gasteiger partial charge is 0.185 e. The molecule has 0 radical (unpaired) electrons. The van der Waals surface area contributed by atoms with E-state index in [9.17, 15) is 20.1 Å². The zero-order valence-corrected chi connectivity index (χ0v) is 12.1. The number of carbonyl (C=O) groups is 1. The fraction of sp³-hybridized carbons (Fsp3) is 0.0625. The molecule has 0 fully saturated rings. The van der Waals surface area contributed by atoms with Gasteiger partial charge in [-0.1, -0.05) is 0 Å². The number of allylic oxidation sites excluding steroid dienone is 1. The van der Waals surface area contributed by atoms with Gasteiger partial charge < -0.3 is 15.3 Å². The first-order valence-corrected chi connectivity index (χ1v) is 7.35. The number of ketones is 1. The minimum atomic E-state index is -0.297. The lowest BCUT2D eigenvalue weighted by molar-refractivity contribution is 0.104. The number of hydrogen-bond acceptors (Lipinski definition) is 5. The molecule has 2 rings (SSSR count). The van der Waals surface area contributed by atoms with Crippen molar-refractivity contribution in [3.63, 3.8) is 0 Å². The highest BCUT2D eigenvalue weighted by atomic mass is 32.2. The molecule has 0 bridgehead atoms. The van der Waals surface area contributed by atoms with E-state index >= 15 is 0 Å². The third kappa shape index (κ3) is 3.58. The van der Waals surface area contributed by atoms with Gasteiger partial charge in [0.05, 0.1) is 5.56 Å². The predicted octanol–water partition coefficient (Wildman–Crippen LogP) is 3.42. The van der Waals surface area contributed by atoms with Gasteiger partial charge in [-0.25, -0.2) is 0 Å². The number of thioether (sulfide) groups is 1. The molecule has 0 spiro atoms. The molecule has 4 nitrogen and oxygen atoms in total. The highest BCUT2D eigenvalue weighted by Crippen LogP contribution is 2.32. The third-order valence-corrected chi connectivity index (χ3v) is 3.64. The Kier molecular flexibility index (Phi) is 4.55. The molecule has 0 aliphatic carbocycles. The molecule has 2 aromatic carbocycles. The molecule has 21 heavy (non-hydrogen) atoms. The van der Waals surface area contributed by atoms with Crippen LogP contribution in [0.4, 0.5) is 0 Å². The number of phenols is 3. The van der Waals surface area contributed by atoms with Crippen molar-refractivity contribution in [1.29, 1.82) is 0 Å². The van der Waals surface area contributed by atoms with Crippen LogP contribution in [0.25, 0.3) is 6.08 Å². The van der Waals surface area contributed by atoms with Gasteiger partial charge in [0, 0.05) is 22.6 Å². The van der Waals surface area contributed by atoms with Crippen molar-refractivity contribution >= 4 is 23.6 Å². The maximum Gasteiger partial charge on any atom is 0.185 e. The SMILES string of the molecule is CSc1ccc(C(=O)C=Cc2c(O)cc(O)cc2O)cc1. The first-order valence-electron chi connectivity index (χ1n) is 6.12. The van der Waals surface area contributed by atoms with Crippen LogP contribution in [0.2, 0.25) is 0 Å². The number of aromatic hydroxyl groups is 3. The van der Waals surface area contributed by atoms with Crippen molar-refractivity contribution in [2.75, 3.05) is 6.26 Å². The van der Waals surface area contributed by atoms with Crippen LogP contribution in [0, 0.1) is 0 Å².